The number of anilines is 1. The molecule has 0 aromatic carbocycles. The van der Waals surface area contributed by atoms with Crippen molar-refractivity contribution in [1.82, 2.24) is 15.1 Å². The van der Waals surface area contributed by atoms with E-state index in [2.05, 4.69) is 15.1 Å². The van der Waals surface area contributed by atoms with E-state index in [1.807, 2.05) is 24.1 Å². The maximum Gasteiger partial charge on any atom is 0.323 e. The summed E-state index contributed by atoms with van der Waals surface area (Å²) in [5.41, 5.74) is 0. The smallest absolute Gasteiger partial charge is 0.323 e. The number of likely N-dealkylation sites (N-methyl/N-ethyl adjacent to an activating group) is 1. The van der Waals surface area contributed by atoms with Crippen LogP contribution in [0.5, 0.6) is 0 Å². The Morgan fingerprint density at radius 1 is 1.48 bits per heavy atom. The number of esters is 1. The van der Waals surface area contributed by atoms with Gasteiger partial charge in [0.2, 0.25) is 0 Å². The lowest BCUT2D eigenvalue weighted by Gasteiger charge is -2.36. The fraction of sp³-hybridized carbons (Fsp3) is 0.643. The first-order valence-corrected chi connectivity index (χ1v) is 7.25. The molecule has 2 atom stereocenters. The zero-order valence-electron chi connectivity index (χ0n) is 12.1. The molecule has 7 nitrogen and oxygen atoms in total. The number of rotatable bonds is 4. The summed E-state index contributed by atoms with van der Waals surface area (Å²) in [5, 5.41) is 7.97. The van der Waals surface area contributed by atoms with Crippen LogP contribution < -0.4 is 4.90 Å². The molecule has 1 aromatic rings. The van der Waals surface area contributed by atoms with Crippen LogP contribution in [0.3, 0.4) is 0 Å². The third kappa shape index (κ3) is 3.30. The molecule has 3 heterocycles. The quantitative estimate of drug-likeness (QED) is 0.720. The number of hydrogen-bond acceptors (Lipinski definition) is 7. The Kier molecular flexibility index (Phi) is 4.31. The van der Waals surface area contributed by atoms with Crippen molar-refractivity contribution in [2.45, 2.75) is 18.6 Å². The van der Waals surface area contributed by atoms with Crippen molar-refractivity contribution < 1.29 is 14.3 Å². The van der Waals surface area contributed by atoms with Gasteiger partial charge in [-0.1, -0.05) is 0 Å². The highest BCUT2D eigenvalue weighted by Gasteiger charge is 2.35. The molecule has 1 aromatic heterocycles. The predicted molar refractivity (Wildman–Crippen MR) is 76.0 cm³/mol. The van der Waals surface area contributed by atoms with Gasteiger partial charge >= 0.3 is 5.97 Å². The molecule has 0 unspecified atom stereocenters. The molecule has 0 spiro atoms. The van der Waals surface area contributed by atoms with Gasteiger partial charge in [0.1, 0.15) is 6.04 Å². The first-order valence-electron chi connectivity index (χ1n) is 7.25. The summed E-state index contributed by atoms with van der Waals surface area (Å²) < 4.78 is 10.9. The Hall–Kier alpha value is -1.73. The number of carbonyl (C=O) groups excluding carboxylic acids is 1. The number of carbonyl (C=O) groups is 1. The van der Waals surface area contributed by atoms with Crippen molar-refractivity contribution >= 4 is 11.8 Å². The van der Waals surface area contributed by atoms with Crippen molar-refractivity contribution in [3.05, 3.63) is 18.3 Å². The van der Waals surface area contributed by atoms with Gasteiger partial charge in [0, 0.05) is 39.3 Å². The van der Waals surface area contributed by atoms with Crippen LogP contribution in [-0.2, 0) is 14.3 Å². The molecule has 2 aliphatic heterocycles. The van der Waals surface area contributed by atoms with Crippen LogP contribution >= 0.6 is 0 Å². The molecule has 0 radical (unpaired) electrons. The van der Waals surface area contributed by atoms with Crippen molar-refractivity contribution in [2.75, 3.05) is 44.8 Å². The molecule has 0 aliphatic carbocycles. The van der Waals surface area contributed by atoms with Crippen LogP contribution in [0.25, 0.3) is 0 Å². The van der Waals surface area contributed by atoms with Gasteiger partial charge in [0.25, 0.3) is 0 Å². The SMILES string of the molecule is CN(C[C@@H]1CN([C@H]2CCOC2=O)CCO1)c1cccnn1. The minimum absolute atomic E-state index is 0.0548. The van der Waals surface area contributed by atoms with Crippen molar-refractivity contribution in [1.29, 1.82) is 0 Å². The summed E-state index contributed by atoms with van der Waals surface area (Å²) in [4.78, 5) is 15.9. The van der Waals surface area contributed by atoms with Crippen LogP contribution in [-0.4, -0.2) is 73.1 Å². The number of cyclic esters (lactones) is 1. The van der Waals surface area contributed by atoms with Crippen LogP contribution in [0, 0.1) is 0 Å². The molecule has 21 heavy (non-hydrogen) atoms. The van der Waals surface area contributed by atoms with Crippen LogP contribution in [0.15, 0.2) is 18.3 Å². The van der Waals surface area contributed by atoms with E-state index >= 15 is 0 Å². The number of morpholine rings is 1. The molecule has 0 bridgehead atoms. The van der Waals surface area contributed by atoms with E-state index in [4.69, 9.17) is 9.47 Å². The molecule has 7 heteroatoms. The molecule has 114 valence electrons. The Morgan fingerprint density at radius 2 is 2.38 bits per heavy atom. The fourth-order valence-corrected chi connectivity index (χ4v) is 2.85. The minimum Gasteiger partial charge on any atom is -0.464 e. The van der Waals surface area contributed by atoms with E-state index in [1.54, 1.807) is 6.20 Å². The lowest BCUT2D eigenvalue weighted by Crippen LogP contribution is -2.52. The Balaban J connectivity index is 1.57. The van der Waals surface area contributed by atoms with Crippen molar-refractivity contribution in [2.24, 2.45) is 0 Å². The van der Waals surface area contributed by atoms with E-state index < -0.39 is 0 Å². The van der Waals surface area contributed by atoms with Gasteiger partial charge in [-0.15, -0.1) is 5.10 Å². The van der Waals surface area contributed by atoms with Gasteiger partial charge in [-0.25, -0.2) is 0 Å². The highest BCUT2D eigenvalue weighted by Crippen LogP contribution is 2.18. The summed E-state index contributed by atoms with van der Waals surface area (Å²) in [6.45, 7) is 3.42. The van der Waals surface area contributed by atoms with E-state index in [0.717, 1.165) is 31.9 Å². The second kappa shape index (κ2) is 6.36. The Morgan fingerprint density at radius 3 is 3.10 bits per heavy atom. The highest BCUT2D eigenvalue weighted by atomic mass is 16.5. The zero-order valence-corrected chi connectivity index (χ0v) is 12.1. The van der Waals surface area contributed by atoms with Crippen LogP contribution in [0.4, 0.5) is 5.82 Å². The highest BCUT2D eigenvalue weighted by molar-refractivity contribution is 5.77. The summed E-state index contributed by atoms with van der Waals surface area (Å²) in [5.74, 6) is 0.719. The third-order valence-corrected chi connectivity index (χ3v) is 3.95. The van der Waals surface area contributed by atoms with Crippen LogP contribution in [0.2, 0.25) is 0 Å². The largest absolute Gasteiger partial charge is 0.464 e. The van der Waals surface area contributed by atoms with Gasteiger partial charge in [-0.05, 0) is 12.1 Å². The van der Waals surface area contributed by atoms with Crippen molar-refractivity contribution in [3.63, 3.8) is 0 Å². The number of aromatic nitrogens is 2. The lowest BCUT2D eigenvalue weighted by atomic mass is 10.1. The van der Waals surface area contributed by atoms with Crippen molar-refractivity contribution in [3.8, 4) is 0 Å². The first kappa shape index (κ1) is 14.2. The summed E-state index contributed by atoms with van der Waals surface area (Å²) >= 11 is 0. The monoisotopic (exact) mass is 292 g/mol. The normalized spacial score (nSPS) is 26.6. The maximum atomic E-state index is 11.7. The molecule has 0 N–H and O–H groups in total. The van der Waals surface area contributed by atoms with E-state index in [-0.39, 0.29) is 18.1 Å². The van der Waals surface area contributed by atoms with E-state index in [1.165, 1.54) is 0 Å². The topological polar surface area (TPSA) is 67.8 Å². The molecule has 2 fully saturated rings. The molecule has 3 rings (SSSR count). The predicted octanol–water partition coefficient (Wildman–Crippen LogP) is -0.0709. The summed E-state index contributed by atoms with van der Waals surface area (Å²) in [6, 6.07) is 3.68. The standard InChI is InChI=1S/C14H20N4O3/c1-17(13-3-2-5-15-16-13)9-11-10-18(6-8-20-11)12-4-7-21-14(12)19/h2-3,5,11-12H,4,6-10H2,1H3/t11-,12+/m1/s1. The van der Waals surface area contributed by atoms with Gasteiger partial charge < -0.3 is 14.4 Å². The molecule has 2 aliphatic rings. The molecular formula is C14H20N4O3. The average Bonchev–Trinajstić information content (AvgIpc) is 2.94. The third-order valence-electron chi connectivity index (χ3n) is 3.95. The number of ether oxygens (including phenoxy) is 2. The Bertz CT molecular complexity index is 484. The van der Waals surface area contributed by atoms with E-state index in [9.17, 15) is 4.79 Å². The first-order chi connectivity index (χ1) is 10.2. The lowest BCUT2D eigenvalue weighted by molar-refractivity contribution is -0.144. The van der Waals surface area contributed by atoms with Gasteiger partial charge in [0.05, 0.1) is 19.3 Å². The fourth-order valence-electron chi connectivity index (χ4n) is 2.85. The summed E-state index contributed by atoms with van der Waals surface area (Å²) in [6.07, 6.45) is 2.49. The van der Waals surface area contributed by atoms with Crippen LogP contribution in [0.1, 0.15) is 6.42 Å². The average molecular weight is 292 g/mol. The molecule has 0 saturated carbocycles. The summed E-state index contributed by atoms with van der Waals surface area (Å²) in [7, 11) is 1.97. The second-order valence-electron chi connectivity index (χ2n) is 5.42. The zero-order chi connectivity index (χ0) is 14.7. The minimum atomic E-state index is -0.0991. The Labute approximate surface area is 123 Å². The molecule has 2 saturated heterocycles. The maximum absolute atomic E-state index is 11.7. The molecule has 0 amide bonds. The second-order valence-corrected chi connectivity index (χ2v) is 5.42. The molecular weight excluding hydrogens is 272 g/mol. The number of nitrogens with zero attached hydrogens (tertiary/aromatic N) is 4. The van der Waals surface area contributed by atoms with E-state index in [0.29, 0.717) is 13.2 Å². The number of hydrogen-bond donors (Lipinski definition) is 0. The van der Waals surface area contributed by atoms with Gasteiger partial charge in [0.15, 0.2) is 5.82 Å². The van der Waals surface area contributed by atoms with Gasteiger partial charge in [-0.2, -0.15) is 5.10 Å². The van der Waals surface area contributed by atoms with Gasteiger partial charge in [-0.3, -0.25) is 9.69 Å².